The molecule has 1 fully saturated rings. The molecule has 0 bridgehead atoms. The van der Waals surface area contributed by atoms with Gasteiger partial charge in [0.2, 0.25) is 5.91 Å². The number of amides is 1. The average molecular weight is 184 g/mol. The van der Waals surface area contributed by atoms with Gasteiger partial charge in [0, 0.05) is 0 Å². The van der Waals surface area contributed by atoms with Crippen molar-refractivity contribution in [3.63, 3.8) is 0 Å². The van der Waals surface area contributed by atoms with E-state index in [1.54, 1.807) is 0 Å². The van der Waals surface area contributed by atoms with Gasteiger partial charge in [0.05, 0.1) is 5.54 Å². The molecular weight excluding hydrogens is 164 g/mol. The van der Waals surface area contributed by atoms with Gasteiger partial charge in [-0.3, -0.25) is 4.79 Å². The lowest BCUT2D eigenvalue weighted by Gasteiger charge is -2.42. The molecule has 1 saturated carbocycles. The van der Waals surface area contributed by atoms with Gasteiger partial charge in [-0.05, 0) is 31.7 Å². The Hall–Kier alpha value is -0.570. The fourth-order valence-electron chi connectivity index (χ4n) is 2.41. The molecule has 3 nitrogen and oxygen atoms in total. The first-order valence-electron chi connectivity index (χ1n) is 4.91. The molecule has 1 amide bonds. The summed E-state index contributed by atoms with van der Waals surface area (Å²) in [6, 6.07) is 0. The summed E-state index contributed by atoms with van der Waals surface area (Å²) in [7, 11) is 1.83. The summed E-state index contributed by atoms with van der Waals surface area (Å²) in [5, 5.41) is 3.10. The number of hydrogen-bond donors (Lipinski definition) is 2. The Balaban J connectivity index is 2.82. The van der Waals surface area contributed by atoms with Gasteiger partial charge in [-0.25, -0.2) is 0 Å². The third-order valence-electron chi connectivity index (χ3n) is 3.19. The van der Waals surface area contributed by atoms with Crippen molar-refractivity contribution in [3.8, 4) is 0 Å². The van der Waals surface area contributed by atoms with E-state index in [9.17, 15) is 4.79 Å². The van der Waals surface area contributed by atoms with E-state index >= 15 is 0 Å². The molecule has 0 saturated heterocycles. The van der Waals surface area contributed by atoms with Crippen molar-refractivity contribution < 1.29 is 4.79 Å². The summed E-state index contributed by atoms with van der Waals surface area (Å²) in [6.07, 6.45) is 3.99. The van der Waals surface area contributed by atoms with E-state index in [-0.39, 0.29) is 11.3 Å². The van der Waals surface area contributed by atoms with Crippen LogP contribution < -0.4 is 11.1 Å². The number of carbonyl (C=O) groups is 1. The van der Waals surface area contributed by atoms with Gasteiger partial charge in [0.25, 0.3) is 0 Å². The third kappa shape index (κ3) is 2.02. The van der Waals surface area contributed by atoms with E-state index in [0.717, 1.165) is 19.3 Å². The molecule has 0 aromatic carbocycles. The number of hydrogen-bond acceptors (Lipinski definition) is 2. The molecule has 0 aliphatic heterocycles. The third-order valence-corrected chi connectivity index (χ3v) is 3.19. The second-order valence-electron chi connectivity index (χ2n) is 4.89. The van der Waals surface area contributed by atoms with Crippen LogP contribution in [0.3, 0.4) is 0 Å². The van der Waals surface area contributed by atoms with Gasteiger partial charge in [-0.2, -0.15) is 0 Å². The molecule has 1 atom stereocenters. The van der Waals surface area contributed by atoms with E-state index in [1.807, 2.05) is 7.05 Å². The molecule has 0 radical (unpaired) electrons. The Kier molecular flexibility index (Phi) is 2.66. The first-order valence-corrected chi connectivity index (χ1v) is 4.91. The zero-order valence-electron chi connectivity index (χ0n) is 8.81. The second kappa shape index (κ2) is 3.29. The van der Waals surface area contributed by atoms with Crippen LogP contribution >= 0.6 is 0 Å². The molecule has 0 heterocycles. The molecule has 76 valence electrons. The highest BCUT2D eigenvalue weighted by atomic mass is 16.1. The number of carbonyl (C=O) groups excluding carboxylic acids is 1. The van der Waals surface area contributed by atoms with Gasteiger partial charge in [0.1, 0.15) is 0 Å². The Bertz CT molecular complexity index is 213. The van der Waals surface area contributed by atoms with E-state index < -0.39 is 5.54 Å². The Morgan fingerprint density at radius 1 is 1.38 bits per heavy atom. The van der Waals surface area contributed by atoms with Crippen LogP contribution in [0.1, 0.15) is 39.5 Å². The van der Waals surface area contributed by atoms with Crippen molar-refractivity contribution in [3.05, 3.63) is 0 Å². The van der Waals surface area contributed by atoms with E-state index in [4.69, 9.17) is 5.73 Å². The molecule has 13 heavy (non-hydrogen) atoms. The van der Waals surface area contributed by atoms with Crippen molar-refractivity contribution >= 4 is 5.91 Å². The van der Waals surface area contributed by atoms with E-state index in [1.165, 1.54) is 6.42 Å². The van der Waals surface area contributed by atoms with Gasteiger partial charge < -0.3 is 11.1 Å². The smallest absolute Gasteiger partial charge is 0.237 e. The fourth-order valence-corrected chi connectivity index (χ4v) is 2.41. The lowest BCUT2D eigenvalue weighted by Crippen LogP contribution is -2.57. The first-order chi connectivity index (χ1) is 5.92. The van der Waals surface area contributed by atoms with Crippen LogP contribution in [-0.4, -0.2) is 18.5 Å². The second-order valence-corrected chi connectivity index (χ2v) is 4.89. The summed E-state index contributed by atoms with van der Waals surface area (Å²) in [5.74, 6) is -0.206. The predicted molar refractivity (Wildman–Crippen MR) is 53.2 cm³/mol. The molecule has 0 spiro atoms. The monoisotopic (exact) mass is 184 g/mol. The molecule has 1 aliphatic rings. The van der Waals surface area contributed by atoms with Crippen LogP contribution in [0.4, 0.5) is 0 Å². The summed E-state index contributed by atoms with van der Waals surface area (Å²) >= 11 is 0. The lowest BCUT2D eigenvalue weighted by molar-refractivity contribution is -0.127. The van der Waals surface area contributed by atoms with Crippen LogP contribution in [0, 0.1) is 5.41 Å². The Labute approximate surface area is 80.1 Å². The maximum absolute atomic E-state index is 11.4. The van der Waals surface area contributed by atoms with Crippen LogP contribution in [-0.2, 0) is 4.79 Å². The maximum atomic E-state index is 11.4. The first kappa shape index (κ1) is 10.5. The minimum absolute atomic E-state index is 0.206. The molecule has 3 heteroatoms. The number of nitrogens with one attached hydrogen (secondary N) is 1. The number of nitrogens with two attached hydrogens (primary N) is 1. The summed E-state index contributed by atoms with van der Waals surface area (Å²) < 4.78 is 0. The van der Waals surface area contributed by atoms with Crippen LogP contribution in [0.15, 0.2) is 0 Å². The number of primary amides is 1. The molecule has 1 rings (SSSR count). The number of rotatable bonds is 2. The number of likely N-dealkylation sites (N-methyl/N-ethyl adjacent to an activating group) is 1. The summed E-state index contributed by atoms with van der Waals surface area (Å²) in [4.78, 5) is 11.4. The van der Waals surface area contributed by atoms with E-state index in [0.29, 0.717) is 0 Å². The minimum Gasteiger partial charge on any atom is -0.368 e. The topological polar surface area (TPSA) is 55.1 Å². The molecular formula is C10H20N2O. The Morgan fingerprint density at radius 2 is 2.00 bits per heavy atom. The van der Waals surface area contributed by atoms with Crippen molar-refractivity contribution in [2.45, 2.75) is 45.1 Å². The maximum Gasteiger partial charge on any atom is 0.237 e. The summed E-state index contributed by atoms with van der Waals surface area (Å²) in [6.45, 7) is 4.39. The standard InChI is InChI=1S/C10H20N2O/c1-9(2)5-4-6-10(7-9,12-3)8(11)13/h12H,4-7H2,1-3H3,(H2,11,13). The highest BCUT2D eigenvalue weighted by molar-refractivity contribution is 5.84. The molecule has 1 unspecified atom stereocenters. The van der Waals surface area contributed by atoms with Gasteiger partial charge >= 0.3 is 0 Å². The molecule has 0 aromatic heterocycles. The zero-order chi connectivity index (χ0) is 10.1. The Morgan fingerprint density at radius 3 is 2.31 bits per heavy atom. The van der Waals surface area contributed by atoms with Crippen LogP contribution in [0.25, 0.3) is 0 Å². The van der Waals surface area contributed by atoms with Crippen molar-refractivity contribution in [1.82, 2.24) is 5.32 Å². The van der Waals surface area contributed by atoms with E-state index in [2.05, 4.69) is 19.2 Å². The van der Waals surface area contributed by atoms with Crippen molar-refractivity contribution in [2.75, 3.05) is 7.05 Å². The highest BCUT2D eigenvalue weighted by Gasteiger charge is 2.43. The van der Waals surface area contributed by atoms with Gasteiger partial charge in [0.15, 0.2) is 0 Å². The SMILES string of the molecule is CNC1(C(N)=O)CCCC(C)(C)C1. The lowest BCUT2D eigenvalue weighted by atomic mass is 9.68. The summed E-state index contributed by atoms with van der Waals surface area (Å²) in [5.41, 5.74) is 5.21. The zero-order valence-corrected chi connectivity index (χ0v) is 8.81. The largest absolute Gasteiger partial charge is 0.368 e. The van der Waals surface area contributed by atoms with Crippen LogP contribution in [0.5, 0.6) is 0 Å². The minimum atomic E-state index is -0.457. The quantitative estimate of drug-likeness (QED) is 0.673. The highest BCUT2D eigenvalue weighted by Crippen LogP contribution is 2.40. The molecule has 1 aliphatic carbocycles. The normalized spacial score (nSPS) is 32.8. The predicted octanol–water partition coefficient (Wildman–Crippen LogP) is 1.03. The molecule has 3 N–H and O–H groups in total. The van der Waals surface area contributed by atoms with Crippen molar-refractivity contribution in [2.24, 2.45) is 11.1 Å². The van der Waals surface area contributed by atoms with Gasteiger partial charge in [-0.1, -0.05) is 20.3 Å². The van der Waals surface area contributed by atoms with Crippen LogP contribution in [0.2, 0.25) is 0 Å². The fraction of sp³-hybridized carbons (Fsp3) is 0.900. The molecule has 0 aromatic rings. The van der Waals surface area contributed by atoms with Crippen molar-refractivity contribution in [1.29, 1.82) is 0 Å². The average Bonchev–Trinajstić information content (AvgIpc) is 2.02. The van der Waals surface area contributed by atoms with Gasteiger partial charge in [-0.15, -0.1) is 0 Å².